The molecule has 5 nitrogen and oxygen atoms in total. The van der Waals surface area contributed by atoms with Crippen LogP contribution < -0.4 is 5.32 Å². The summed E-state index contributed by atoms with van der Waals surface area (Å²) in [6.07, 6.45) is 4.05. The fraction of sp³-hybridized carbons (Fsp3) is 0.600. The Balaban J connectivity index is 1.86. The van der Waals surface area contributed by atoms with Gasteiger partial charge in [-0.25, -0.2) is 4.98 Å². The molecule has 0 fully saturated rings. The number of fused-ring (bicyclic) bond motifs is 1. The van der Waals surface area contributed by atoms with Crippen molar-refractivity contribution in [1.29, 1.82) is 0 Å². The summed E-state index contributed by atoms with van der Waals surface area (Å²) < 4.78 is 1.82. The van der Waals surface area contributed by atoms with Gasteiger partial charge in [-0.2, -0.15) is 5.10 Å². The fourth-order valence-electron chi connectivity index (χ4n) is 2.35. The highest BCUT2D eigenvalue weighted by molar-refractivity contribution is 5.78. The lowest BCUT2D eigenvalue weighted by Gasteiger charge is -2.08. The molecule has 0 spiro atoms. The molecule has 0 aromatic carbocycles. The SMILES string of the molecule is Cc1nn(C)c2ncc(CNCCCC(C)CO)cc12. The smallest absolute Gasteiger partial charge is 0.157 e. The van der Waals surface area contributed by atoms with Gasteiger partial charge in [0.2, 0.25) is 0 Å². The Labute approximate surface area is 120 Å². The van der Waals surface area contributed by atoms with E-state index in [0.29, 0.717) is 5.92 Å². The molecule has 2 aromatic rings. The van der Waals surface area contributed by atoms with Crippen molar-refractivity contribution < 1.29 is 5.11 Å². The van der Waals surface area contributed by atoms with Crippen LogP contribution in [0, 0.1) is 12.8 Å². The lowest BCUT2D eigenvalue weighted by molar-refractivity contribution is 0.228. The molecule has 0 amide bonds. The van der Waals surface area contributed by atoms with Gasteiger partial charge in [0.25, 0.3) is 0 Å². The zero-order chi connectivity index (χ0) is 14.5. The maximum absolute atomic E-state index is 8.96. The zero-order valence-corrected chi connectivity index (χ0v) is 12.6. The average Bonchev–Trinajstić information content (AvgIpc) is 2.73. The van der Waals surface area contributed by atoms with Gasteiger partial charge >= 0.3 is 0 Å². The highest BCUT2D eigenvalue weighted by atomic mass is 16.3. The third-order valence-corrected chi connectivity index (χ3v) is 3.61. The van der Waals surface area contributed by atoms with Crippen LogP contribution in [0.1, 0.15) is 31.0 Å². The highest BCUT2D eigenvalue weighted by Gasteiger charge is 2.06. The van der Waals surface area contributed by atoms with Crippen LogP contribution in [-0.4, -0.2) is 33.0 Å². The summed E-state index contributed by atoms with van der Waals surface area (Å²) in [6.45, 7) is 6.15. The van der Waals surface area contributed by atoms with Gasteiger partial charge in [0.1, 0.15) is 0 Å². The lowest BCUT2D eigenvalue weighted by atomic mass is 10.1. The van der Waals surface area contributed by atoms with Gasteiger partial charge in [0.15, 0.2) is 5.65 Å². The first-order valence-electron chi connectivity index (χ1n) is 7.21. The number of aromatic nitrogens is 3. The topological polar surface area (TPSA) is 63.0 Å². The van der Waals surface area contributed by atoms with Crippen molar-refractivity contribution in [3.05, 3.63) is 23.5 Å². The molecule has 1 atom stereocenters. The summed E-state index contributed by atoms with van der Waals surface area (Å²) in [5.74, 6) is 0.396. The monoisotopic (exact) mass is 276 g/mol. The Hall–Kier alpha value is -1.46. The third-order valence-electron chi connectivity index (χ3n) is 3.61. The summed E-state index contributed by atoms with van der Waals surface area (Å²) in [6, 6.07) is 2.16. The van der Waals surface area contributed by atoms with Crippen LogP contribution >= 0.6 is 0 Å². The van der Waals surface area contributed by atoms with Crippen LogP contribution in [0.5, 0.6) is 0 Å². The Morgan fingerprint density at radius 1 is 1.45 bits per heavy atom. The molecule has 0 radical (unpaired) electrons. The van der Waals surface area contributed by atoms with E-state index in [1.54, 1.807) is 0 Å². The third kappa shape index (κ3) is 3.55. The van der Waals surface area contributed by atoms with Crippen molar-refractivity contribution in [3.8, 4) is 0 Å². The molecule has 0 bridgehead atoms. The summed E-state index contributed by atoms with van der Waals surface area (Å²) in [4.78, 5) is 4.47. The average molecular weight is 276 g/mol. The van der Waals surface area contributed by atoms with E-state index in [1.165, 1.54) is 5.56 Å². The van der Waals surface area contributed by atoms with Crippen LogP contribution in [0.3, 0.4) is 0 Å². The minimum atomic E-state index is 0.279. The van der Waals surface area contributed by atoms with E-state index in [-0.39, 0.29) is 6.61 Å². The van der Waals surface area contributed by atoms with E-state index in [4.69, 9.17) is 5.11 Å². The quantitative estimate of drug-likeness (QED) is 0.757. The molecule has 0 aliphatic rings. The van der Waals surface area contributed by atoms with Crippen molar-refractivity contribution in [2.75, 3.05) is 13.2 Å². The minimum Gasteiger partial charge on any atom is -0.396 e. The number of hydrogen-bond donors (Lipinski definition) is 2. The summed E-state index contributed by atoms with van der Waals surface area (Å²) >= 11 is 0. The Bertz CT molecular complexity index is 564. The van der Waals surface area contributed by atoms with Crippen molar-refractivity contribution in [2.24, 2.45) is 13.0 Å². The van der Waals surface area contributed by atoms with E-state index in [9.17, 15) is 0 Å². The number of nitrogens with one attached hydrogen (secondary N) is 1. The molecule has 2 aromatic heterocycles. The van der Waals surface area contributed by atoms with Crippen LogP contribution in [0.25, 0.3) is 11.0 Å². The van der Waals surface area contributed by atoms with Gasteiger partial charge in [-0.1, -0.05) is 6.92 Å². The minimum absolute atomic E-state index is 0.279. The molecular formula is C15H24N4O. The maximum Gasteiger partial charge on any atom is 0.157 e. The first-order valence-corrected chi connectivity index (χ1v) is 7.21. The van der Waals surface area contributed by atoms with Crippen LogP contribution in [-0.2, 0) is 13.6 Å². The molecule has 0 saturated heterocycles. The Morgan fingerprint density at radius 3 is 3.00 bits per heavy atom. The number of hydrogen-bond acceptors (Lipinski definition) is 4. The number of nitrogens with zero attached hydrogens (tertiary/aromatic N) is 3. The molecule has 1 unspecified atom stereocenters. The Morgan fingerprint density at radius 2 is 2.25 bits per heavy atom. The zero-order valence-electron chi connectivity index (χ0n) is 12.6. The molecule has 2 N–H and O–H groups in total. The van der Waals surface area contributed by atoms with Gasteiger partial charge in [0.05, 0.1) is 5.69 Å². The van der Waals surface area contributed by atoms with Crippen molar-refractivity contribution in [2.45, 2.75) is 33.2 Å². The summed E-state index contributed by atoms with van der Waals surface area (Å²) in [5.41, 5.74) is 3.14. The van der Waals surface area contributed by atoms with E-state index in [2.05, 4.69) is 28.4 Å². The van der Waals surface area contributed by atoms with Crippen LogP contribution in [0.4, 0.5) is 0 Å². The summed E-state index contributed by atoms with van der Waals surface area (Å²) in [7, 11) is 1.92. The molecule has 0 saturated carbocycles. The van der Waals surface area contributed by atoms with Crippen molar-refractivity contribution >= 4 is 11.0 Å². The molecule has 2 rings (SSSR count). The predicted molar refractivity (Wildman–Crippen MR) is 80.4 cm³/mol. The molecule has 0 aliphatic heterocycles. The number of aliphatic hydroxyl groups is 1. The molecule has 2 heterocycles. The normalized spacial score (nSPS) is 13.0. The van der Waals surface area contributed by atoms with Crippen LogP contribution in [0.15, 0.2) is 12.3 Å². The van der Waals surface area contributed by atoms with Crippen LogP contribution in [0.2, 0.25) is 0 Å². The molecule has 0 aliphatic carbocycles. The number of rotatable bonds is 7. The largest absolute Gasteiger partial charge is 0.396 e. The van der Waals surface area contributed by atoms with Gasteiger partial charge < -0.3 is 10.4 Å². The first-order chi connectivity index (χ1) is 9.61. The second kappa shape index (κ2) is 6.81. The molecule has 5 heteroatoms. The molecule has 20 heavy (non-hydrogen) atoms. The molecular weight excluding hydrogens is 252 g/mol. The predicted octanol–water partition coefficient (Wildman–Crippen LogP) is 1.77. The maximum atomic E-state index is 8.96. The van der Waals surface area contributed by atoms with E-state index in [0.717, 1.165) is 42.7 Å². The highest BCUT2D eigenvalue weighted by Crippen LogP contribution is 2.16. The second-order valence-corrected chi connectivity index (χ2v) is 5.53. The van der Waals surface area contributed by atoms with Gasteiger partial charge in [-0.3, -0.25) is 4.68 Å². The Kier molecular flexibility index (Phi) is 5.09. The fourth-order valence-corrected chi connectivity index (χ4v) is 2.35. The first kappa shape index (κ1) is 14.9. The van der Waals surface area contributed by atoms with Crippen molar-refractivity contribution in [3.63, 3.8) is 0 Å². The van der Waals surface area contributed by atoms with E-state index < -0.39 is 0 Å². The number of aryl methyl sites for hydroxylation is 2. The lowest BCUT2D eigenvalue weighted by Crippen LogP contribution is -2.16. The second-order valence-electron chi connectivity index (χ2n) is 5.53. The van der Waals surface area contributed by atoms with Gasteiger partial charge in [-0.05, 0) is 43.9 Å². The summed E-state index contributed by atoms with van der Waals surface area (Å²) in [5, 5.41) is 17.9. The number of aliphatic hydroxyl groups excluding tert-OH is 1. The van der Waals surface area contributed by atoms with Gasteiger partial charge in [-0.15, -0.1) is 0 Å². The number of pyridine rings is 1. The standard InChI is InChI=1S/C15H24N4O/c1-11(10-20)5-4-6-16-8-13-7-14-12(2)18-19(3)15(14)17-9-13/h7,9,11,16,20H,4-6,8,10H2,1-3H3. The van der Waals surface area contributed by atoms with Gasteiger partial charge in [0, 0.05) is 31.8 Å². The van der Waals surface area contributed by atoms with E-state index >= 15 is 0 Å². The van der Waals surface area contributed by atoms with Crippen molar-refractivity contribution in [1.82, 2.24) is 20.1 Å². The van der Waals surface area contributed by atoms with E-state index in [1.807, 2.05) is 24.9 Å². The molecule has 110 valence electrons.